The number of hydrogen-bond donors (Lipinski definition) is 1. The Morgan fingerprint density at radius 1 is 0.842 bits per heavy atom. The summed E-state index contributed by atoms with van der Waals surface area (Å²) in [7, 11) is -4.06. The molecule has 38 heavy (non-hydrogen) atoms. The van der Waals surface area contributed by atoms with Gasteiger partial charge in [-0.2, -0.15) is 0 Å². The van der Waals surface area contributed by atoms with Crippen molar-refractivity contribution in [2.75, 3.05) is 17.4 Å². The molecule has 0 aliphatic heterocycles. The molecule has 8 heteroatoms. The number of carbonyl (C=O) groups is 2. The monoisotopic (exact) mass is 535 g/mol. The standard InChI is InChI=1S/C30H37N3O4S/c1-22(2)19-31-30(35)25(5)32(20-26-12-10-9-11-24(26)4)29(34)21-33(27-17-15-23(3)16-18-27)38(36,37)28-13-7-6-8-14-28/h6-18,22,25H,19-21H2,1-5H3,(H,31,35)/t25-/m1/s1. The van der Waals surface area contributed by atoms with Crippen LogP contribution in [0.25, 0.3) is 0 Å². The zero-order chi connectivity index (χ0) is 27.9. The van der Waals surface area contributed by atoms with Crippen molar-refractivity contribution in [3.8, 4) is 0 Å². The van der Waals surface area contributed by atoms with Gasteiger partial charge in [0.1, 0.15) is 12.6 Å². The van der Waals surface area contributed by atoms with E-state index in [9.17, 15) is 18.0 Å². The van der Waals surface area contributed by atoms with Crippen LogP contribution < -0.4 is 9.62 Å². The van der Waals surface area contributed by atoms with Crippen molar-refractivity contribution in [2.45, 2.75) is 52.1 Å². The number of benzene rings is 3. The summed E-state index contributed by atoms with van der Waals surface area (Å²) in [6.45, 7) is 9.72. The summed E-state index contributed by atoms with van der Waals surface area (Å²) in [5, 5.41) is 2.90. The van der Waals surface area contributed by atoms with Gasteiger partial charge in [0.25, 0.3) is 10.0 Å². The largest absolute Gasteiger partial charge is 0.354 e. The number of hydrogen-bond acceptors (Lipinski definition) is 4. The van der Waals surface area contributed by atoms with Crippen molar-refractivity contribution in [3.05, 3.63) is 95.6 Å². The van der Waals surface area contributed by atoms with Gasteiger partial charge in [-0.25, -0.2) is 8.42 Å². The Kier molecular flexibility index (Phi) is 9.69. The van der Waals surface area contributed by atoms with E-state index in [0.29, 0.717) is 12.2 Å². The molecule has 0 aliphatic carbocycles. The van der Waals surface area contributed by atoms with Gasteiger partial charge in [-0.3, -0.25) is 13.9 Å². The highest BCUT2D eigenvalue weighted by Gasteiger charge is 2.32. The van der Waals surface area contributed by atoms with Gasteiger partial charge in [-0.1, -0.05) is 74.0 Å². The van der Waals surface area contributed by atoms with Gasteiger partial charge in [0.15, 0.2) is 0 Å². The van der Waals surface area contributed by atoms with Crippen LogP contribution in [0.15, 0.2) is 83.8 Å². The third-order valence-electron chi connectivity index (χ3n) is 6.39. The maximum absolute atomic E-state index is 13.9. The average Bonchev–Trinajstić information content (AvgIpc) is 2.90. The topological polar surface area (TPSA) is 86.8 Å². The highest BCUT2D eigenvalue weighted by atomic mass is 32.2. The van der Waals surface area contributed by atoms with Gasteiger partial charge in [0.2, 0.25) is 11.8 Å². The molecule has 0 aliphatic rings. The minimum absolute atomic E-state index is 0.0848. The van der Waals surface area contributed by atoms with Gasteiger partial charge in [0, 0.05) is 13.1 Å². The predicted octanol–water partition coefficient (Wildman–Crippen LogP) is 4.69. The number of nitrogens with one attached hydrogen (secondary N) is 1. The summed E-state index contributed by atoms with van der Waals surface area (Å²) in [6, 6.07) is 21.9. The fourth-order valence-electron chi connectivity index (χ4n) is 3.97. The summed E-state index contributed by atoms with van der Waals surface area (Å²) in [5.74, 6) is -0.506. The van der Waals surface area contributed by atoms with Gasteiger partial charge < -0.3 is 10.2 Å². The first-order valence-corrected chi connectivity index (χ1v) is 14.2. The molecule has 0 bridgehead atoms. The normalized spacial score (nSPS) is 12.2. The lowest BCUT2D eigenvalue weighted by Gasteiger charge is -2.32. The molecule has 0 spiro atoms. The maximum atomic E-state index is 13.9. The first-order valence-electron chi connectivity index (χ1n) is 12.8. The molecule has 0 heterocycles. The van der Waals surface area contributed by atoms with Gasteiger partial charge in [-0.05, 0) is 62.1 Å². The van der Waals surface area contributed by atoms with E-state index in [2.05, 4.69) is 5.32 Å². The Hall–Kier alpha value is -3.65. The van der Waals surface area contributed by atoms with Crippen LogP contribution in [0.3, 0.4) is 0 Å². The van der Waals surface area contributed by atoms with Crippen molar-refractivity contribution < 1.29 is 18.0 Å². The average molecular weight is 536 g/mol. The quantitative estimate of drug-likeness (QED) is 0.386. The van der Waals surface area contributed by atoms with Crippen LogP contribution >= 0.6 is 0 Å². The number of nitrogens with zero attached hydrogens (tertiary/aromatic N) is 2. The molecular formula is C30H37N3O4S. The maximum Gasteiger partial charge on any atom is 0.264 e. The molecule has 202 valence electrons. The highest BCUT2D eigenvalue weighted by molar-refractivity contribution is 7.92. The van der Waals surface area contributed by atoms with E-state index in [-0.39, 0.29) is 23.3 Å². The Morgan fingerprint density at radius 3 is 2.05 bits per heavy atom. The minimum Gasteiger partial charge on any atom is -0.354 e. The molecule has 0 unspecified atom stereocenters. The molecule has 7 nitrogen and oxygen atoms in total. The third kappa shape index (κ3) is 7.22. The predicted molar refractivity (Wildman–Crippen MR) is 151 cm³/mol. The summed E-state index contributed by atoms with van der Waals surface area (Å²) in [4.78, 5) is 28.5. The summed E-state index contributed by atoms with van der Waals surface area (Å²) in [5.41, 5.74) is 3.21. The van der Waals surface area contributed by atoms with E-state index in [4.69, 9.17) is 0 Å². The molecule has 3 rings (SSSR count). The number of aryl methyl sites for hydroxylation is 2. The molecule has 1 atom stereocenters. The lowest BCUT2D eigenvalue weighted by Crippen LogP contribution is -2.51. The Balaban J connectivity index is 2.00. The molecule has 0 aromatic heterocycles. The smallest absolute Gasteiger partial charge is 0.264 e. The van der Waals surface area contributed by atoms with Crippen molar-refractivity contribution in [3.63, 3.8) is 0 Å². The zero-order valence-corrected chi connectivity index (χ0v) is 23.5. The molecule has 3 aromatic rings. The number of sulfonamides is 1. The third-order valence-corrected chi connectivity index (χ3v) is 8.17. The van der Waals surface area contributed by atoms with E-state index in [1.165, 1.54) is 17.0 Å². The Bertz CT molecular complexity index is 1340. The number of amides is 2. The van der Waals surface area contributed by atoms with Crippen LogP contribution in [-0.2, 0) is 26.2 Å². The minimum atomic E-state index is -4.06. The Morgan fingerprint density at radius 2 is 1.45 bits per heavy atom. The number of anilines is 1. The molecule has 0 radical (unpaired) electrons. The first-order chi connectivity index (χ1) is 18.0. The van der Waals surface area contributed by atoms with Crippen LogP contribution in [0.4, 0.5) is 5.69 Å². The molecule has 2 amide bonds. The Labute approximate surface area is 226 Å². The molecule has 0 fully saturated rings. The fourth-order valence-corrected chi connectivity index (χ4v) is 5.40. The molecular weight excluding hydrogens is 498 g/mol. The summed E-state index contributed by atoms with van der Waals surface area (Å²) in [6.07, 6.45) is 0. The van der Waals surface area contributed by atoms with E-state index < -0.39 is 28.5 Å². The number of rotatable bonds is 11. The second-order valence-corrected chi connectivity index (χ2v) is 11.8. The lowest BCUT2D eigenvalue weighted by molar-refractivity contribution is -0.139. The van der Waals surface area contributed by atoms with E-state index in [1.807, 2.05) is 52.0 Å². The van der Waals surface area contributed by atoms with Crippen LogP contribution in [-0.4, -0.2) is 44.3 Å². The van der Waals surface area contributed by atoms with Crippen LogP contribution in [0, 0.1) is 19.8 Å². The zero-order valence-electron chi connectivity index (χ0n) is 22.7. The van der Waals surface area contributed by atoms with Crippen LogP contribution in [0.1, 0.15) is 37.5 Å². The van der Waals surface area contributed by atoms with Crippen molar-refractivity contribution in [2.24, 2.45) is 5.92 Å². The van der Waals surface area contributed by atoms with E-state index in [0.717, 1.165) is 21.0 Å². The first kappa shape index (κ1) is 28.9. The van der Waals surface area contributed by atoms with Gasteiger partial charge >= 0.3 is 0 Å². The second kappa shape index (κ2) is 12.7. The second-order valence-electron chi connectivity index (χ2n) is 9.92. The van der Waals surface area contributed by atoms with Crippen LogP contribution in [0.2, 0.25) is 0 Å². The summed E-state index contributed by atoms with van der Waals surface area (Å²) >= 11 is 0. The molecule has 1 N–H and O–H groups in total. The summed E-state index contributed by atoms with van der Waals surface area (Å²) < 4.78 is 28.6. The van der Waals surface area contributed by atoms with Gasteiger partial charge in [-0.15, -0.1) is 0 Å². The van der Waals surface area contributed by atoms with Crippen molar-refractivity contribution >= 4 is 27.5 Å². The van der Waals surface area contributed by atoms with Crippen molar-refractivity contribution in [1.82, 2.24) is 10.2 Å². The lowest BCUT2D eigenvalue weighted by atomic mass is 10.1. The van der Waals surface area contributed by atoms with Gasteiger partial charge in [0.05, 0.1) is 10.6 Å². The van der Waals surface area contributed by atoms with E-state index >= 15 is 0 Å². The molecule has 0 saturated carbocycles. The fraction of sp³-hybridized carbons (Fsp3) is 0.333. The highest BCUT2D eigenvalue weighted by Crippen LogP contribution is 2.25. The van der Waals surface area contributed by atoms with E-state index in [1.54, 1.807) is 49.4 Å². The molecule has 3 aromatic carbocycles. The number of carbonyl (C=O) groups excluding carboxylic acids is 2. The molecule has 0 saturated heterocycles. The van der Waals surface area contributed by atoms with Crippen molar-refractivity contribution in [1.29, 1.82) is 0 Å². The van der Waals surface area contributed by atoms with Crippen LogP contribution in [0.5, 0.6) is 0 Å². The SMILES string of the molecule is Cc1ccc(N(CC(=O)N(Cc2ccccc2C)[C@H](C)C(=O)NCC(C)C)S(=O)(=O)c2ccccc2)cc1.